The number of carbonyl (C=O) groups is 11. The fourth-order valence-corrected chi connectivity index (χ4v) is 20.0. The molecule has 8 aromatic rings. The maximum Gasteiger partial charge on any atom is 0.344 e. The molecule has 9 saturated carbocycles. The minimum Gasteiger partial charge on any atom is -0.748 e. The van der Waals surface area contributed by atoms with Crippen LogP contribution in [0.15, 0.2) is 164 Å². The maximum atomic E-state index is 13.2. The average Bonchev–Trinajstić information content (AvgIpc) is 0.720. The predicted molar refractivity (Wildman–Crippen MR) is 486 cm³/mol. The van der Waals surface area contributed by atoms with Gasteiger partial charge in [0.15, 0.2) is 0 Å². The molecule has 0 aromatic heterocycles. The van der Waals surface area contributed by atoms with Gasteiger partial charge in [0.25, 0.3) is 0 Å². The molecular weight excluding hydrogens is 1900 g/mol. The van der Waals surface area contributed by atoms with Crippen molar-refractivity contribution in [2.45, 2.75) is 137 Å². The Kier molecular flexibility index (Phi) is 35.6. The Morgan fingerprint density at radius 2 is 0.609 bits per heavy atom. The first-order valence-corrected chi connectivity index (χ1v) is 52.1. The zero-order chi connectivity index (χ0) is 100. The summed E-state index contributed by atoms with van der Waals surface area (Å²) in [4.78, 5) is 137. The molecular formula is C97H101O36S5-5. The van der Waals surface area contributed by atoms with Gasteiger partial charge in [-0.2, -0.15) is 0 Å². The number of hydrogen-bond donors (Lipinski definition) is 0. The quantitative estimate of drug-likeness (QED) is 0.0175. The Labute approximate surface area is 797 Å². The molecule has 0 aliphatic heterocycles. The molecule has 41 heteroatoms. The largest absolute Gasteiger partial charge is 0.748 e. The van der Waals surface area contributed by atoms with E-state index in [0.717, 1.165) is 97.4 Å². The Balaban J connectivity index is 0.000000166. The van der Waals surface area contributed by atoms with Gasteiger partial charge in [-0.05, 0) is 259 Å². The van der Waals surface area contributed by atoms with Crippen molar-refractivity contribution in [3.8, 4) is 28.7 Å². The average molecular weight is 2000 g/mol. The number of esters is 10. The lowest BCUT2D eigenvalue weighted by Gasteiger charge is -2.55. The van der Waals surface area contributed by atoms with Gasteiger partial charge in [0, 0.05) is 11.8 Å². The number of fused-ring (bicyclic) bond motifs is 1. The number of ether oxygens (including phenoxy) is 10. The van der Waals surface area contributed by atoms with Crippen LogP contribution < -0.4 is 23.7 Å². The number of benzene rings is 8. The third-order valence-electron chi connectivity index (χ3n) is 24.5. The zero-order valence-electron chi connectivity index (χ0n) is 75.8. The molecule has 17 rings (SSSR count). The van der Waals surface area contributed by atoms with Gasteiger partial charge in [-0.25, -0.2) is 75.7 Å². The second kappa shape index (κ2) is 46.1. The van der Waals surface area contributed by atoms with Gasteiger partial charge in [-0.15, -0.1) is 0 Å². The monoisotopic (exact) mass is 2000 g/mol. The highest BCUT2D eigenvalue weighted by molar-refractivity contribution is 7.86. The minimum absolute atomic E-state index is 0.0103. The predicted octanol–water partition coefficient (Wildman–Crippen LogP) is 12.0. The Morgan fingerprint density at radius 1 is 0.312 bits per heavy atom. The standard InChI is InChI=1S/C21H24O8S.C21H26O7S.C21H18O7S.C17H22O7S.C17H16O7S/c1-12-2-3-16(19(23)28-4-5-30(25,26)27)17(6-12)29-20(24)21-9-13-7-14(10-21)18(22)15(8-13)11-21;1-13-2-3-17(19(22)27-4-5-29(24,25)26)18(6-13)28-20(23)21-10-14-7-15(11-21)9-16(8-14)12-21;1-14-9-10-18(20(22)27-11-12-29(24,25)26)19(13-14)28-21(23)17-8-4-6-15-5-2-3-7-16(15)17;2*1-12-7-8-14(17(19)23-9-10-25(20,21)22)15(11-12)24-16(18)13-5-3-2-4-6-13/h2-3,6,13-15H,4-5,7-11H2,1H3,(H,25,26,27);2-3,6,14-16H,4-5,7-12H2,1H3,(H,24,25,26);2-10,13H,11-12H2,1H3,(H,24,25,26);7-8,11,13H,2-6,9-10H2,1H3,(H,20,21,22);2-8,11H,9-10H2,1H3,(H,20,21,22)/p-5. The SMILES string of the molecule is Cc1ccc(C(=O)OCCS(=O)(=O)[O-])c(OC(=O)C23CC4CC(C2)C(=O)C(C4)C3)c1.Cc1ccc(C(=O)OCCS(=O)(=O)[O-])c(OC(=O)C23CC4CC(CC(C4)C2)C3)c1.Cc1ccc(C(=O)OCCS(=O)(=O)[O-])c(OC(=O)C2CCCCC2)c1.Cc1ccc(C(=O)OCCS(=O)(=O)[O-])c(OC(=O)c2cccc3ccccc23)c1.Cc1ccc(C(=O)OCCS(=O)(=O)[O-])c(OC(=O)c2ccccc2)c1. The lowest BCUT2D eigenvalue weighted by molar-refractivity contribution is -0.167. The van der Waals surface area contributed by atoms with Gasteiger partial charge in [0.05, 0.1) is 107 Å². The van der Waals surface area contributed by atoms with Gasteiger partial charge >= 0.3 is 59.7 Å². The van der Waals surface area contributed by atoms with Gasteiger partial charge in [0.2, 0.25) is 0 Å². The summed E-state index contributed by atoms with van der Waals surface area (Å²) in [6.07, 6.45) is 14.1. The highest BCUT2D eigenvalue weighted by Gasteiger charge is 2.60. The van der Waals surface area contributed by atoms with Crippen LogP contribution in [0.4, 0.5) is 0 Å². The summed E-state index contributed by atoms with van der Waals surface area (Å²) >= 11 is 0. The van der Waals surface area contributed by atoms with Crippen molar-refractivity contribution < 1.29 is 165 Å². The molecule has 9 aliphatic rings. The van der Waals surface area contributed by atoms with E-state index in [1.54, 1.807) is 131 Å². The summed E-state index contributed by atoms with van der Waals surface area (Å²) in [5.41, 5.74) is 3.31. The van der Waals surface area contributed by atoms with Crippen LogP contribution >= 0.6 is 0 Å². The van der Waals surface area contributed by atoms with E-state index in [4.69, 9.17) is 47.4 Å². The number of carbonyl (C=O) groups excluding carboxylic acids is 11. The molecule has 8 aromatic carbocycles. The third kappa shape index (κ3) is 30.7. The van der Waals surface area contributed by atoms with E-state index < -0.39 is 171 Å². The highest BCUT2D eigenvalue weighted by Crippen LogP contribution is 2.61. The first-order chi connectivity index (χ1) is 65.0. The lowest BCUT2D eigenvalue weighted by atomic mass is 9.49. The van der Waals surface area contributed by atoms with Gasteiger partial charge in [-0.3, -0.25) is 19.2 Å². The summed E-state index contributed by atoms with van der Waals surface area (Å²) in [6.45, 7) is 6.06. The summed E-state index contributed by atoms with van der Waals surface area (Å²) in [5, 5.41) is 1.57. The van der Waals surface area contributed by atoms with Crippen LogP contribution in [0.1, 0.15) is 203 Å². The van der Waals surface area contributed by atoms with Crippen LogP contribution in [0.2, 0.25) is 0 Å². The molecule has 2 atom stereocenters. The molecule has 2 unspecified atom stereocenters. The van der Waals surface area contributed by atoms with Crippen molar-refractivity contribution in [2.24, 2.45) is 52.3 Å². The maximum absolute atomic E-state index is 13.2. The van der Waals surface area contributed by atoms with Crippen LogP contribution in [0.5, 0.6) is 28.7 Å². The Morgan fingerprint density at radius 3 is 0.957 bits per heavy atom. The molecule has 0 saturated heterocycles. The van der Waals surface area contributed by atoms with E-state index in [1.807, 2.05) is 25.1 Å². The zero-order valence-corrected chi connectivity index (χ0v) is 79.8. The van der Waals surface area contributed by atoms with Crippen molar-refractivity contribution in [1.29, 1.82) is 0 Å². The topological polar surface area (TPSA) is 566 Å². The van der Waals surface area contributed by atoms with E-state index >= 15 is 0 Å². The molecule has 9 aliphatic carbocycles. The summed E-state index contributed by atoms with van der Waals surface area (Å²) in [7, 11) is -22.4. The van der Waals surface area contributed by atoms with Crippen LogP contribution in [0, 0.1) is 86.9 Å². The smallest absolute Gasteiger partial charge is 0.344 e. The number of rotatable bonds is 30. The molecule has 740 valence electrons. The van der Waals surface area contributed by atoms with E-state index in [9.17, 15) is 118 Å². The highest BCUT2D eigenvalue weighted by atomic mass is 32.2. The molecule has 36 nitrogen and oxygen atoms in total. The third-order valence-corrected chi connectivity index (χ3v) is 27.8. The number of ketones is 1. The summed E-state index contributed by atoms with van der Waals surface area (Å²) in [5.74, 6) is -8.54. The molecule has 138 heavy (non-hydrogen) atoms. The lowest BCUT2D eigenvalue weighted by Crippen LogP contribution is -2.55. The molecule has 0 heterocycles. The summed E-state index contributed by atoms with van der Waals surface area (Å²) < 4.78 is 211. The number of hydrogen-bond acceptors (Lipinski definition) is 36. The molecule has 0 spiro atoms. The second-order valence-corrected chi connectivity index (χ2v) is 43.0. The summed E-state index contributed by atoms with van der Waals surface area (Å²) in [6, 6.07) is 43.9. The van der Waals surface area contributed by atoms with Gasteiger partial charge < -0.3 is 70.1 Å². The van der Waals surface area contributed by atoms with Crippen molar-refractivity contribution >= 4 is 127 Å². The van der Waals surface area contributed by atoms with E-state index in [2.05, 4.69) is 0 Å². The van der Waals surface area contributed by atoms with E-state index in [-0.39, 0.29) is 92.0 Å². The van der Waals surface area contributed by atoms with Crippen molar-refractivity contribution in [2.75, 3.05) is 61.8 Å². The Hall–Kier alpha value is -12.1. The fraction of sp³-hybridized carbons (Fsp3) is 0.412. The van der Waals surface area contributed by atoms with Crippen LogP contribution in [0.3, 0.4) is 0 Å². The normalized spacial score (nSPS) is 20.0. The van der Waals surface area contributed by atoms with Crippen LogP contribution in [-0.4, -0.2) is 192 Å². The van der Waals surface area contributed by atoms with E-state index in [0.29, 0.717) is 59.4 Å². The molecule has 9 fully saturated rings. The first-order valence-electron chi connectivity index (χ1n) is 44.2. The fourth-order valence-electron chi connectivity index (χ4n) is 18.6. The minimum atomic E-state index is -4.51. The second-order valence-electron chi connectivity index (χ2n) is 35.4. The number of aryl methyl sites for hydroxylation is 5. The molecule has 0 amide bonds. The number of Topliss-reactive ketones (excluding diaryl/α,β-unsaturated/α-hetero) is 1. The van der Waals surface area contributed by atoms with Crippen molar-refractivity contribution in [3.05, 3.63) is 231 Å². The van der Waals surface area contributed by atoms with Gasteiger partial charge in [0.1, 0.15) is 95.4 Å². The van der Waals surface area contributed by atoms with Crippen molar-refractivity contribution in [3.63, 3.8) is 0 Å². The van der Waals surface area contributed by atoms with Crippen molar-refractivity contribution in [1.82, 2.24) is 0 Å². The molecule has 0 radical (unpaired) electrons. The molecule has 8 bridgehead atoms. The Bertz CT molecular complexity index is 6480. The first kappa shape index (κ1) is 106. The van der Waals surface area contributed by atoms with Crippen LogP contribution in [0.25, 0.3) is 10.8 Å². The van der Waals surface area contributed by atoms with E-state index in [1.165, 1.54) is 61.7 Å². The van der Waals surface area contributed by atoms with Crippen LogP contribution in [-0.2, 0) is 93.5 Å². The molecule has 0 N–H and O–H groups in total. The van der Waals surface area contributed by atoms with Gasteiger partial charge in [-0.1, -0.05) is 104 Å².